The van der Waals surface area contributed by atoms with Crippen molar-refractivity contribution in [3.05, 3.63) is 57.8 Å². The molecule has 1 N–H and O–H groups in total. The van der Waals surface area contributed by atoms with E-state index in [4.69, 9.17) is 4.74 Å². The topological polar surface area (TPSA) is 63.6 Å². The van der Waals surface area contributed by atoms with Gasteiger partial charge in [0.2, 0.25) is 0 Å². The Balaban J connectivity index is 2.13. The summed E-state index contributed by atoms with van der Waals surface area (Å²) in [4.78, 5) is 25.7. The summed E-state index contributed by atoms with van der Waals surface area (Å²) in [6.07, 6.45) is -1.02. The molecule has 0 fully saturated rings. The number of ketones is 1. The molecule has 0 unspecified atom stereocenters. The van der Waals surface area contributed by atoms with Gasteiger partial charge in [-0.15, -0.1) is 11.3 Å². The van der Waals surface area contributed by atoms with Crippen molar-refractivity contribution in [1.29, 1.82) is 0 Å². The molecule has 1 aromatic heterocycles. The number of ether oxygens (including phenoxy) is 1. The highest BCUT2D eigenvalue weighted by Crippen LogP contribution is 2.48. The van der Waals surface area contributed by atoms with E-state index in [1.807, 2.05) is 12.1 Å². The van der Waals surface area contributed by atoms with Crippen LogP contribution in [0.25, 0.3) is 0 Å². The maximum absolute atomic E-state index is 12.9. The van der Waals surface area contributed by atoms with Crippen LogP contribution in [0.5, 0.6) is 0 Å². The zero-order valence-corrected chi connectivity index (χ0v) is 12.2. The lowest BCUT2D eigenvalue weighted by Crippen LogP contribution is -2.43. The van der Waals surface area contributed by atoms with Gasteiger partial charge in [-0.1, -0.05) is 30.3 Å². The van der Waals surface area contributed by atoms with E-state index in [-0.39, 0.29) is 12.2 Å². The Morgan fingerprint density at radius 1 is 1.29 bits per heavy atom. The Morgan fingerprint density at radius 2 is 2.05 bits per heavy atom. The molecule has 21 heavy (non-hydrogen) atoms. The van der Waals surface area contributed by atoms with E-state index in [9.17, 15) is 14.7 Å². The molecule has 0 radical (unpaired) electrons. The van der Waals surface area contributed by atoms with Crippen molar-refractivity contribution in [2.45, 2.75) is 12.5 Å². The molecule has 0 saturated carbocycles. The van der Waals surface area contributed by atoms with Crippen molar-refractivity contribution in [2.75, 3.05) is 7.11 Å². The number of fused-ring (bicyclic) bond motifs is 1. The summed E-state index contributed by atoms with van der Waals surface area (Å²) < 4.78 is 4.84. The Bertz CT molecular complexity index is 692. The summed E-state index contributed by atoms with van der Waals surface area (Å²) in [6.45, 7) is 0. The van der Waals surface area contributed by atoms with Gasteiger partial charge in [0.1, 0.15) is 6.10 Å². The molecule has 1 heterocycles. The molecule has 2 atom stereocenters. The smallest absolute Gasteiger partial charge is 0.323 e. The number of esters is 1. The van der Waals surface area contributed by atoms with Crippen LogP contribution in [-0.2, 0) is 16.0 Å². The van der Waals surface area contributed by atoms with Crippen molar-refractivity contribution in [1.82, 2.24) is 0 Å². The monoisotopic (exact) mass is 302 g/mol. The first-order chi connectivity index (χ1) is 10.1. The average Bonchev–Trinajstić information content (AvgIpc) is 3.13. The molecule has 0 aliphatic heterocycles. The summed E-state index contributed by atoms with van der Waals surface area (Å²) in [5, 5.41) is 12.4. The summed E-state index contributed by atoms with van der Waals surface area (Å²) in [6, 6.07) is 10.6. The summed E-state index contributed by atoms with van der Waals surface area (Å²) in [5.74, 6) is -1.07. The van der Waals surface area contributed by atoms with Gasteiger partial charge in [-0.3, -0.25) is 9.59 Å². The van der Waals surface area contributed by atoms with E-state index < -0.39 is 17.5 Å². The summed E-state index contributed by atoms with van der Waals surface area (Å²) in [7, 11) is 1.24. The first kappa shape index (κ1) is 14.0. The van der Waals surface area contributed by atoms with Crippen LogP contribution in [0.2, 0.25) is 0 Å². The Morgan fingerprint density at radius 3 is 2.67 bits per heavy atom. The molecule has 3 rings (SSSR count). The molecule has 4 nitrogen and oxygen atoms in total. The van der Waals surface area contributed by atoms with Crippen LogP contribution in [0, 0.1) is 5.41 Å². The number of rotatable bonds is 3. The van der Waals surface area contributed by atoms with E-state index in [0.29, 0.717) is 10.4 Å². The standard InChI is InChI=1S/C16H14O4S/c1-20-15(19)16(14(18)12-7-4-8-21-12)9-10-5-2-3-6-11(10)13(16)17/h2-8,13,17H,9H2,1H3/t13-,16-/m1/s1. The molecule has 1 aliphatic rings. The van der Waals surface area contributed by atoms with Crippen LogP contribution in [0.1, 0.15) is 26.9 Å². The van der Waals surface area contributed by atoms with Crippen molar-refractivity contribution < 1.29 is 19.4 Å². The Kier molecular flexibility index (Phi) is 3.39. The molecule has 1 aromatic carbocycles. The third-order valence-electron chi connectivity index (χ3n) is 3.99. The second-order valence-corrected chi connectivity index (χ2v) is 6.00. The number of carbonyl (C=O) groups excluding carboxylic acids is 2. The van der Waals surface area contributed by atoms with Gasteiger partial charge < -0.3 is 9.84 Å². The molecule has 0 spiro atoms. The number of aliphatic hydroxyl groups is 1. The Labute approximate surface area is 126 Å². The van der Waals surface area contributed by atoms with Crippen molar-refractivity contribution >= 4 is 23.1 Å². The summed E-state index contributed by atoms with van der Waals surface area (Å²) >= 11 is 1.26. The fourth-order valence-corrected chi connectivity index (χ4v) is 3.67. The molecular weight excluding hydrogens is 288 g/mol. The minimum Gasteiger partial charge on any atom is -0.468 e. The van der Waals surface area contributed by atoms with Gasteiger partial charge in [0.05, 0.1) is 12.0 Å². The third-order valence-corrected chi connectivity index (χ3v) is 4.85. The minimum atomic E-state index is -1.58. The number of carbonyl (C=O) groups is 2. The predicted octanol–water partition coefficient (Wildman–Crippen LogP) is 2.38. The van der Waals surface area contributed by atoms with E-state index in [1.165, 1.54) is 18.4 Å². The third kappa shape index (κ3) is 1.92. The molecule has 5 heteroatoms. The van der Waals surface area contributed by atoms with Gasteiger partial charge >= 0.3 is 5.97 Å². The predicted molar refractivity (Wildman–Crippen MR) is 78.2 cm³/mol. The molecule has 0 saturated heterocycles. The molecule has 0 amide bonds. The minimum absolute atomic E-state index is 0.160. The molecule has 0 bridgehead atoms. The Hall–Kier alpha value is -1.98. The second kappa shape index (κ2) is 5.09. The second-order valence-electron chi connectivity index (χ2n) is 5.05. The van der Waals surface area contributed by atoms with Crippen LogP contribution in [0.4, 0.5) is 0 Å². The fourth-order valence-electron chi connectivity index (χ4n) is 2.92. The highest BCUT2D eigenvalue weighted by molar-refractivity contribution is 7.12. The number of aliphatic hydroxyl groups excluding tert-OH is 1. The molecular formula is C16H14O4S. The van der Waals surface area contributed by atoms with Gasteiger partial charge in [-0.05, 0) is 29.0 Å². The maximum Gasteiger partial charge on any atom is 0.323 e. The summed E-state index contributed by atoms with van der Waals surface area (Å²) in [5.41, 5.74) is -0.156. The zero-order chi connectivity index (χ0) is 15.0. The molecule has 1 aliphatic carbocycles. The number of benzene rings is 1. The maximum atomic E-state index is 12.9. The van der Waals surface area contributed by atoms with E-state index in [2.05, 4.69) is 0 Å². The van der Waals surface area contributed by atoms with Gasteiger partial charge in [-0.25, -0.2) is 0 Å². The average molecular weight is 302 g/mol. The molecule has 2 aromatic rings. The van der Waals surface area contributed by atoms with Gasteiger partial charge in [0, 0.05) is 0 Å². The van der Waals surface area contributed by atoms with E-state index >= 15 is 0 Å². The van der Waals surface area contributed by atoms with Crippen molar-refractivity contribution in [3.63, 3.8) is 0 Å². The van der Waals surface area contributed by atoms with Gasteiger partial charge in [0.15, 0.2) is 11.2 Å². The molecule has 108 valence electrons. The number of thiophene rings is 1. The highest BCUT2D eigenvalue weighted by atomic mass is 32.1. The highest BCUT2D eigenvalue weighted by Gasteiger charge is 2.58. The number of methoxy groups -OCH3 is 1. The lowest BCUT2D eigenvalue weighted by molar-refractivity contribution is -0.154. The fraction of sp³-hybridized carbons (Fsp3) is 0.250. The SMILES string of the molecule is COC(=O)[C@]1(C(=O)c2cccs2)Cc2ccccc2[C@H]1O. The lowest BCUT2D eigenvalue weighted by Gasteiger charge is -2.27. The number of hydrogen-bond donors (Lipinski definition) is 1. The quantitative estimate of drug-likeness (QED) is 0.537. The van der Waals surface area contributed by atoms with Gasteiger partial charge in [0.25, 0.3) is 0 Å². The largest absolute Gasteiger partial charge is 0.468 e. The van der Waals surface area contributed by atoms with Crippen molar-refractivity contribution in [2.24, 2.45) is 5.41 Å². The first-order valence-electron chi connectivity index (χ1n) is 6.54. The van der Waals surface area contributed by atoms with E-state index in [0.717, 1.165) is 5.56 Å². The van der Waals surface area contributed by atoms with Crippen molar-refractivity contribution in [3.8, 4) is 0 Å². The van der Waals surface area contributed by atoms with Crippen LogP contribution in [-0.4, -0.2) is 24.0 Å². The van der Waals surface area contributed by atoms with E-state index in [1.54, 1.807) is 29.6 Å². The van der Waals surface area contributed by atoms with Gasteiger partial charge in [-0.2, -0.15) is 0 Å². The van der Waals surface area contributed by atoms with Crippen LogP contribution < -0.4 is 0 Å². The first-order valence-corrected chi connectivity index (χ1v) is 7.42. The number of hydrogen-bond acceptors (Lipinski definition) is 5. The zero-order valence-electron chi connectivity index (χ0n) is 11.4. The van der Waals surface area contributed by atoms with Crippen LogP contribution >= 0.6 is 11.3 Å². The van der Waals surface area contributed by atoms with Crippen LogP contribution in [0.3, 0.4) is 0 Å². The van der Waals surface area contributed by atoms with Crippen LogP contribution in [0.15, 0.2) is 41.8 Å². The lowest BCUT2D eigenvalue weighted by atomic mass is 9.77. The number of Topliss-reactive ketones (excluding diaryl/α,β-unsaturated/α-hetero) is 1. The normalized spacial score (nSPS) is 23.6.